The topological polar surface area (TPSA) is 59.2 Å². The van der Waals surface area contributed by atoms with Gasteiger partial charge in [0, 0.05) is 19.3 Å². The molecule has 0 spiro atoms. The molecule has 5 heteroatoms. The van der Waals surface area contributed by atoms with Crippen LogP contribution >= 0.6 is 12.4 Å². The summed E-state index contributed by atoms with van der Waals surface area (Å²) in [7, 11) is 1.74. The molecule has 0 aliphatic rings. The Labute approximate surface area is 102 Å². The van der Waals surface area contributed by atoms with E-state index in [1.54, 1.807) is 36.4 Å². The fraction of sp³-hybridized carbons (Fsp3) is 0.273. The maximum atomic E-state index is 11.6. The molecule has 1 aromatic heterocycles. The van der Waals surface area contributed by atoms with E-state index in [1.807, 2.05) is 0 Å². The first kappa shape index (κ1) is 14.5. The molecule has 1 aromatic rings. The van der Waals surface area contributed by atoms with E-state index in [-0.39, 0.29) is 18.3 Å². The van der Waals surface area contributed by atoms with Crippen molar-refractivity contribution < 1.29 is 4.79 Å². The van der Waals surface area contributed by atoms with Crippen molar-refractivity contribution in [3.05, 3.63) is 36.7 Å². The van der Waals surface area contributed by atoms with Crippen LogP contribution in [0.4, 0.5) is 5.69 Å². The summed E-state index contributed by atoms with van der Waals surface area (Å²) in [6.07, 6.45) is 3.54. The average Bonchev–Trinajstić information content (AvgIpc) is 2.22. The number of carbonyl (C=O) groups excluding carboxylic acids is 1. The number of nitrogens with two attached hydrogens (primary N) is 1. The first-order chi connectivity index (χ1) is 7.13. The summed E-state index contributed by atoms with van der Waals surface area (Å²) in [6.45, 7) is 4.13. The molecule has 1 heterocycles. The summed E-state index contributed by atoms with van der Waals surface area (Å²) in [6, 6.07) is 3.50. The summed E-state index contributed by atoms with van der Waals surface area (Å²) < 4.78 is 0. The summed E-state index contributed by atoms with van der Waals surface area (Å²) in [4.78, 5) is 17.3. The lowest BCUT2D eigenvalue weighted by atomic mass is 10.2. The van der Waals surface area contributed by atoms with Crippen LogP contribution in [0.25, 0.3) is 0 Å². The van der Waals surface area contributed by atoms with Gasteiger partial charge < -0.3 is 10.6 Å². The predicted molar refractivity (Wildman–Crippen MR) is 67.4 cm³/mol. The highest BCUT2D eigenvalue weighted by molar-refractivity contribution is 5.85. The molecule has 0 saturated heterocycles. The highest BCUT2D eigenvalue weighted by Crippen LogP contribution is 2.03. The van der Waals surface area contributed by atoms with Crippen molar-refractivity contribution in [1.82, 2.24) is 9.88 Å². The van der Waals surface area contributed by atoms with Gasteiger partial charge in [-0.2, -0.15) is 0 Å². The standard InChI is InChI=1S/C11H15N3O.ClH/c1-3-6-14(2)11(15)7-10-5-4-9(12)8-13-10;/h3-5,8H,1,6-7,12H2,2H3;1H. The zero-order chi connectivity index (χ0) is 11.3. The Bertz CT molecular complexity index is 351. The van der Waals surface area contributed by atoms with E-state index in [0.29, 0.717) is 18.7 Å². The molecule has 2 N–H and O–H groups in total. The average molecular weight is 242 g/mol. The lowest BCUT2D eigenvalue weighted by Crippen LogP contribution is -2.28. The van der Waals surface area contributed by atoms with Crippen LogP contribution < -0.4 is 5.73 Å². The van der Waals surface area contributed by atoms with Crippen molar-refractivity contribution in [2.24, 2.45) is 0 Å². The van der Waals surface area contributed by atoms with Gasteiger partial charge >= 0.3 is 0 Å². The Morgan fingerprint density at radius 1 is 1.62 bits per heavy atom. The molecule has 0 aliphatic heterocycles. The fourth-order valence-corrected chi connectivity index (χ4v) is 1.13. The second-order valence-electron chi connectivity index (χ2n) is 3.32. The number of anilines is 1. The smallest absolute Gasteiger partial charge is 0.228 e. The number of halogens is 1. The quantitative estimate of drug-likeness (QED) is 0.808. The Kier molecular flexibility index (Phi) is 6.18. The van der Waals surface area contributed by atoms with Crippen LogP contribution in [-0.4, -0.2) is 29.4 Å². The van der Waals surface area contributed by atoms with Crippen LogP contribution in [0, 0.1) is 0 Å². The molecular weight excluding hydrogens is 226 g/mol. The number of rotatable bonds is 4. The van der Waals surface area contributed by atoms with Gasteiger partial charge in [-0.25, -0.2) is 0 Å². The van der Waals surface area contributed by atoms with E-state index in [1.165, 1.54) is 0 Å². The van der Waals surface area contributed by atoms with Gasteiger partial charge in [-0.1, -0.05) is 6.08 Å². The van der Waals surface area contributed by atoms with Gasteiger partial charge in [0.15, 0.2) is 0 Å². The Hall–Kier alpha value is -1.55. The molecule has 0 radical (unpaired) electrons. The van der Waals surface area contributed by atoms with Crippen molar-refractivity contribution in [3.63, 3.8) is 0 Å². The molecule has 0 aliphatic carbocycles. The third kappa shape index (κ3) is 4.31. The largest absolute Gasteiger partial charge is 0.397 e. The van der Waals surface area contributed by atoms with E-state index in [2.05, 4.69) is 11.6 Å². The molecule has 0 saturated carbocycles. The van der Waals surface area contributed by atoms with E-state index >= 15 is 0 Å². The Morgan fingerprint density at radius 2 is 2.31 bits per heavy atom. The van der Waals surface area contributed by atoms with Crippen LogP contribution in [0.3, 0.4) is 0 Å². The summed E-state index contributed by atoms with van der Waals surface area (Å²) in [5.74, 6) is 0.0205. The predicted octanol–water partition coefficient (Wildman–Crippen LogP) is 1.27. The van der Waals surface area contributed by atoms with Crippen LogP contribution in [-0.2, 0) is 11.2 Å². The SMILES string of the molecule is C=CCN(C)C(=O)Cc1ccc(N)cn1.Cl. The fourth-order valence-electron chi connectivity index (χ4n) is 1.13. The zero-order valence-corrected chi connectivity index (χ0v) is 10.0. The van der Waals surface area contributed by atoms with E-state index in [0.717, 1.165) is 5.69 Å². The summed E-state index contributed by atoms with van der Waals surface area (Å²) >= 11 is 0. The van der Waals surface area contributed by atoms with E-state index in [9.17, 15) is 4.79 Å². The van der Waals surface area contributed by atoms with Crippen molar-refractivity contribution in [1.29, 1.82) is 0 Å². The van der Waals surface area contributed by atoms with Crippen LogP contribution in [0.1, 0.15) is 5.69 Å². The van der Waals surface area contributed by atoms with Gasteiger partial charge in [0.05, 0.1) is 18.3 Å². The molecule has 16 heavy (non-hydrogen) atoms. The molecule has 4 nitrogen and oxygen atoms in total. The van der Waals surface area contributed by atoms with Crippen molar-refractivity contribution in [2.75, 3.05) is 19.3 Å². The van der Waals surface area contributed by atoms with E-state index < -0.39 is 0 Å². The summed E-state index contributed by atoms with van der Waals surface area (Å²) in [5.41, 5.74) is 6.82. The molecule has 0 aromatic carbocycles. The van der Waals surface area contributed by atoms with Crippen molar-refractivity contribution >= 4 is 24.0 Å². The molecule has 0 bridgehead atoms. The molecule has 0 atom stereocenters. The minimum atomic E-state index is 0. The maximum Gasteiger partial charge on any atom is 0.228 e. The number of amides is 1. The van der Waals surface area contributed by atoms with Crippen molar-refractivity contribution in [2.45, 2.75) is 6.42 Å². The number of pyridine rings is 1. The number of hydrogen-bond donors (Lipinski definition) is 1. The van der Waals surface area contributed by atoms with Crippen LogP contribution in [0.5, 0.6) is 0 Å². The van der Waals surface area contributed by atoms with Gasteiger partial charge in [-0.05, 0) is 12.1 Å². The van der Waals surface area contributed by atoms with Crippen LogP contribution in [0.15, 0.2) is 31.0 Å². The van der Waals surface area contributed by atoms with Gasteiger partial charge in [0.1, 0.15) is 0 Å². The van der Waals surface area contributed by atoms with E-state index in [4.69, 9.17) is 5.73 Å². The molecular formula is C11H16ClN3O. The van der Waals surface area contributed by atoms with Crippen LogP contribution in [0.2, 0.25) is 0 Å². The summed E-state index contributed by atoms with van der Waals surface area (Å²) in [5, 5.41) is 0. The monoisotopic (exact) mass is 241 g/mol. The van der Waals surface area contributed by atoms with Gasteiger partial charge in [0.25, 0.3) is 0 Å². The normalized spacial score (nSPS) is 9.06. The highest BCUT2D eigenvalue weighted by Gasteiger charge is 2.08. The highest BCUT2D eigenvalue weighted by atomic mass is 35.5. The minimum absolute atomic E-state index is 0. The molecule has 0 fully saturated rings. The Balaban J connectivity index is 0.00000225. The number of carbonyl (C=O) groups is 1. The van der Waals surface area contributed by atoms with Gasteiger partial charge in [0.2, 0.25) is 5.91 Å². The third-order valence-corrected chi connectivity index (χ3v) is 2.01. The van der Waals surface area contributed by atoms with Gasteiger partial charge in [-0.3, -0.25) is 9.78 Å². The molecule has 1 amide bonds. The molecule has 0 unspecified atom stereocenters. The lowest BCUT2D eigenvalue weighted by molar-refractivity contribution is -0.128. The third-order valence-electron chi connectivity index (χ3n) is 2.01. The minimum Gasteiger partial charge on any atom is -0.397 e. The van der Waals surface area contributed by atoms with Gasteiger partial charge in [-0.15, -0.1) is 19.0 Å². The first-order valence-electron chi connectivity index (χ1n) is 4.68. The number of nitrogens with zero attached hydrogens (tertiary/aromatic N) is 2. The second-order valence-corrected chi connectivity index (χ2v) is 3.32. The molecule has 1 rings (SSSR count). The molecule has 88 valence electrons. The number of hydrogen-bond acceptors (Lipinski definition) is 3. The number of likely N-dealkylation sites (N-methyl/N-ethyl adjacent to an activating group) is 1. The van der Waals surface area contributed by atoms with Crippen molar-refractivity contribution in [3.8, 4) is 0 Å². The number of nitrogen functional groups attached to an aromatic ring is 1. The maximum absolute atomic E-state index is 11.6. The first-order valence-corrected chi connectivity index (χ1v) is 4.68. The zero-order valence-electron chi connectivity index (χ0n) is 9.22. The Morgan fingerprint density at radius 3 is 2.81 bits per heavy atom. The number of aromatic nitrogens is 1. The second kappa shape index (κ2) is 6.85. The lowest BCUT2D eigenvalue weighted by Gasteiger charge is -2.14.